The van der Waals surface area contributed by atoms with Crippen molar-refractivity contribution in [3.05, 3.63) is 24.3 Å². The van der Waals surface area contributed by atoms with E-state index in [0.717, 1.165) is 23.2 Å². The number of hydrogen-bond acceptors (Lipinski definition) is 2. The number of nitrogens with two attached hydrogens (primary N) is 1. The van der Waals surface area contributed by atoms with Gasteiger partial charge in [-0.1, -0.05) is 0 Å². The van der Waals surface area contributed by atoms with Crippen molar-refractivity contribution in [2.75, 3.05) is 17.7 Å². The quantitative estimate of drug-likeness (QED) is 0.826. The Kier molecular flexibility index (Phi) is 2.23. The minimum absolute atomic E-state index is 0.314. The summed E-state index contributed by atoms with van der Waals surface area (Å²) in [7, 11) is 1.89. The summed E-state index contributed by atoms with van der Waals surface area (Å²) in [6.45, 7) is 0. The summed E-state index contributed by atoms with van der Waals surface area (Å²) in [6, 6.07) is 7.58. The lowest BCUT2D eigenvalue weighted by Gasteiger charge is -2.19. The second-order valence-electron chi connectivity index (χ2n) is 6.50. The Bertz CT molecular complexity index is 508. The van der Waals surface area contributed by atoms with Gasteiger partial charge in [-0.05, 0) is 67.2 Å². The molecule has 3 heteroatoms. The van der Waals surface area contributed by atoms with Crippen molar-refractivity contribution in [2.45, 2.75) is 19.3 Å². The first-order chi connectivity index (χ1) is 9.16. The van der Waals surface area contributed by atoms with Crippen LogP contribution in [0.5, 0.6) is 0 Å². The summed E-state index contributed by atoms with van der Waals surface area (Å²) in [5.74, 6) is 3.75. The predicted molar refractivity (Wildman–Crippen MR) is 75.6 cm³/mol. The molecular formula is C16H20N2O. The van der Waals surface area contributed by atoms with Gasteiger partial charge in [0.25, 0.3) is 0 Å². The van der Waals surface area contributed by atoms with E-state index in [4.69, 9.17) is 5.73 Å². The summed E-state index contributed by atoms with van der Waals surface area (Å²) < 4.78 is 0. The molecule has 1 amide bonds. The number of nitrogens with zero attached hydrogens (tertiary/aromatic N) is 1. The van der Waals surface area contributed by atoms with E-state index in [1.807, 2.05) is 36.2 Å². The van der Waals surface area contributed by atoms with E-state index in [1.165, 1.54) is 19.3 Å². The average molecular weight is 256 g/mol. The molecule has 0 radical (unpaired) electrons. The number of rotatable bonds is 2. The smallest absolute Gasteiger partial charge is 0.230 e. The number of fused-ring (bicyclic) bond motifs is 5. The molecule has 4 atom stereocenters. The summed E-state index contributed by atoms with van der Waals surface area (Å²) in [4.78, 5) is 14.4. The van der Waals surface area contributed by atoms with Gasteiger partial charge in [0.05, 0.1) is 0 Å². The van der Waals surface area contributed by atoms with E-state index >= 15 is 0 Å². The van der Waals surface area contributed by atoms with Crippen LogP contribution in [0.3, 0.4) is 0 Å². The highest BCUT2D eigenvalue weighted by atomic mass is 16.2. The van der Waals surface area contributed by atoms with Crippen LogP contribution < -0.4 is 10.6 Å². The molecule has 4 rings (SSSR count). The molecule has 1 aromatic rings. The van der Waals surface area contributed by atoms with Gasteiger partial charge in [0.1, 0.15) is 0 Å². The maximum absolute atomic E-state index is 12.6. The average Bonchev–Trinajstić information content (AvgIpc) is 2.85. The van der Waals surface area contributed by atoms with Gasteiger partial charge in [0.2, 0.25) is 5.91 Å². The summed E-state index contributed by atoms with van der Waals surface area (Å²) in [6.07, 6.45) is 4.12. The molecule has 0 saturated heterocycles. The highest BCUT2D eigenvalue weighted by molar-refractivity contribution is 5.97. The van der Waals surface area contributed by atoms with E-state index in [0.29, 0.717) is 23.7 Å². The van der Waals surface area contributed by atoms with Crippen molar-refractivity contribution in [3.63, 3.8) is 0 Å². The minimum Gasteiger partial charge on any atom is -0.399 e. The van der Waals surface area contributed by atoms with Gasteiger partial charge >= 0.3 is 0 Å². The van der Waals surface area contributed by atoms with Crippen molar-refractivity contribution in [2.24, 2.45) is 29.6 Å². The molecule has 2 bridgehead atoms. The molecule has 3 saturated carbocycles. The van der Waals surface area contributed by atoms with Crippen molar-refractivity contribution >= 4 is 17.3 Å². The number of hydrogen-bond donors (Lipinski definition) is 1. The zero-order valence-electron chi connectivity index (χ0n) is 11.3. The molecule has 3 nitrogen and oxygen atoms in total. The number of amides is 1. The molecule has 2 N–H and O–H groups in total. The molecule has 3 fully saturated rings. The zero-order valence-corrected chi connectivity index (χ0v) is 11.3. The molecule has 19 heavy (non-hydrogen) atoms. The van der Waals surface area contributed by atoms with Crippen LogP contribution in [-0.4, -0.2) is 13.0 Å². The van der Waals surface area contributed by atoms with Gasteiger partial charge in [-0.3, -0.25) is 4.79 Å². The minimum atomic E-state index is 0.314. The number of carbonyl (C=O) groups is 1. The molecule has 3 aliphatic rings. The molecule has 100 valence electrons. The Balaban J connectivity index is 1.51. The van der Waals surface area contributed by atoms with Crippen LogP contribution in [0.1, 0.15) is 19.3 Å². The summed E-state index contributed by atoms with van der Waals surface area (Å²) >= 11 is 0. The molecule has 0 aliphatic heterocycles. The lowest BCUT2D eigenvalue weighted by molar-refractivity contribution is -0.120. The molecular weight excluding hydrogens is 236 g/mol. The molecule has 3 aliphatic carbocycles. The third-order valence-corrected chi connectivity index (χ3v) is 5.63. The van der Waals surface area contributed by atoms with Crippen molar-refractivity contribution in [1.82, 2.24) is 0 Å². The lowest BCUT2D eigenvalue weighted by Crippen LogP contribution is -2.30. The van der Waals surface area contributed by atoms with Crippen LogP contribution in [0.25, 0.3) is 0 Å². The molecule has 0 aromatic heterocycles. The predicted octanol–water partition coefficient (Wildman–Crippen LogP) is 2.52. The van der Waals surface area contributed by atoms with Gasteiger partial charge in [0, 0.05) is 24.3 Å². The fraction of sp³-hybridized carbons (Fsp3) is 0.562. The molecule has 0 spiro atoms. The maximum Gasteiger partial charge on any atom is 0.230 e. The fourth-order valence-electron chi connectivity index (χ4n) is 4.70. The van der Waals surface area contributed by atoms with Gasteiger partial charge in [-0.25, -0.2) is 0 Å². The lowest BCUT2D eigenvalue weighted by atomic mass is 10.0. The molecule has 0 heterocycles. The normalized spacial score (nSPS) is 38.1. The van der Waals surface area contributed by atoms with Crippen LogP contribution >= 0.6 is 0 Å². The van der Waals surface area contributed by atoms with E-state index in [9.17, 15) is 4.79 Å². The van der Waals surface area contributed by atoms with Crippen molar-refractivity contribution in [1.29, 1.82) is 0 Å². The number of anilines is 2. The van der Waals surface area contributed by atoms with E-state index in [2.05, 4.69) is 0 Å². The third-order valence-electron chi connectivity index (χ3n) is 5.63. The van der Waals surface area contributed by atoms with Crippen LogP contribution in [0.2, 0.25) is 0 Å². The van der Waals surface area contributed by atoms with E-state index < -0.39 is 0 Å². The van der Waals surface area contributed by atoms with Crippen LogP contribution in [0.15, 0.2) is 24.3 Å². The molecule has 1 aromatic carbocycles. The Morgan fingerprint density at radius 3 is 2.32 bits per heavy atom. The van der Waals surface area contributed by atoms with Crippen LogP contribution in [-0.2, 0) is 4.79 Å². The first-order valence-electron chi connectivity index (χ1n) is 7.30. The summed E-state index contributed by atoms with van der Waals surface area (Å²) in [5.41, 5.74) is 7.39. The Hall–Kier alpha value is -1.51. The molecule has 4 unspecified atom stereocenters. The topological polar surface area (TPSA) is 46.3 Å². The SMILES string of the molecule is CN(C(=O)C1C2C3CCC(C3)C12)c1ccc(N)cc1. The summed E-state index contributed by atoms with van der Waals surface area (Å²) in [5, 5.41) is 0. The number of carbonyl (C=O) groups excluding carboxylic acids is 1. The van der Waals surface area contributed by atoms with Gasteiger partial charge in [-0.15, -0.1) is 0 Å². The van der Waals surface area contributed by atoms with Crippen LogP contribution in [0, 0.1) is 29.6 Å². The number of benzene rings is 1. The van der Waals surface area contributed by atoms with Crippen molar-refractivity contribution < 1.29 is 4.79 Å². The Morgan fingerprint density at radius 1 is 1.16 bits per heavy atom. The number of nitrogen functional groups attached to an aromatic ring is 1. The second-order valence-corrected chi connectivity index (χ2v) is 6.50. The Morgan fingerprint density at radius 2 is 1.74 bits per heavy atom. The van der Waals surface area contributed by atoms with Gasteiger partial charge in [-0.2, -0.15) is 0 Å². The second kappa shape index (κ2) is 3.75. The van der Waals surface area contributed by atoms with E-state index in [-0.39, 0.29) is 0 Å². The highest BCUT2D eigenvalue weighted by Crippen LogP contribution is 2.69. The monoisotopic (exact) mass is 256 g/mol. The fourth-order valence-corrected chi connectivity index (χ4v) is 4.70. The highest BCUT2D eigenvalue weighted by Gasteiger charge is 2.67. The third kappa shape index (κ3) is 1.54. The largest absolute Gasteiger partial charge is 0.399 e. The van der Waals surface area contributed by atoms with Gasteiger partial charge in [0.15, 0.2) is 0 Å². The first-order valence-corrected chi connectivity index (χ1v) is 7.30. The van der Waals surface area contributed by atoms with Gasteiger partial charge < -0.3 is 10.6 Å². The van der Waals surface area contributed by atoms with Crippen LogP contribution in [0.4, 0.5) is 11.4 Å². The first kappa shape index (κ1) is 11.3. The standard InChI is InChI=1S/C16H20N2O/c1-18(12-6-4-11(17)5-7-12)16(19)15-13-9-2-3-10(8-9)14(13)15/h4-7,9-10,13-15H,2-3,8,17H2,1H3. The Labute approximate surface area is 113 Å². The van der Waals surface area contributed by atoms with Crippen molar-refractivity contribution in [3.8, 4) is 0 Å². The maximum atomic E-state index is 12.6. The van der Waals surface area contributed by atoms with E-state index in [1.54, 1.807) is 0 Å². The zero-order chi connectivity index (χ0) is 13.1.